The van der Waals surface area contributed by atoms with Crippen LogP contribution < -0.4 is 25.4 Å². The van der Waals surface area contributed by atoms with E-state index in [0.29, 0.717) is 40.4 Å². The number of para-hydroxylation sites is 1. The Labute approximate surface area is 192 Å². The van der Waals surface area contributed by atoms with Crippen molar-refractivity contribution in [1.29, 1.82) is 0 Å². The summed E-state index contributed by atoms with van der Waals surface area (Å²) < 4.78 is 16.3. The second-order valence-corrected chi connectivity index (χ2v) is 7.11. The molecule has 0 fully saturated rings. The molecule has 33 heavy (non-hydrogen) atoms. The molecule has 0 radical (unpaired) electrons. The highest BCUT2D eigenvalue weighted by Gasteiger charge is 2.33. The van der Waals surface area contributed by atoms with E-state index in [9.17, 15) is 14.4 Å². The first-order chi connectivity index (χ1) is 16.0. The van der Waals surface area contributed by atoms with E-state index in [2.05, 4.69) is 16.0 Å². The molecule has 3 N–H and O–H groups in total. The summed E-state index contributed by atoms with van der Waals surface area (Å²) in [7, 11) is 1.47. The maximum absolute atomic E-state index is 12.6. The van der Waals surface area contributed by atoms with Crippen LogP contribution in [0.25, 0.3) is 0 Å². The standard InChI is InChI=1S/C24H27N3O6/c1-4-17-21(23(29)32-5-2)22(27-24(30)26-17)15-11-12-18(19(13-15)31-3)33-14-20(28)25-16-9-7-6-8-10-16/h6-13,22H,4-5,14H2,1-3H3,(H,25,28)(H2,26,27,30). The fraction of sp³-hybridized carbons (Fsp3) is 0.292. The first kappa shape index (κ1) is 23.6. The molecule has 0 aromatic heterocycles. The molecule has 1 aliphatic heterocycles. The quantitative estimate of drug-likeness (QED) is 0.502. The van der Waals surface area contributed by atoms with Crippen LogP contribution in [0.1, 0.15) is 31.9 Å². The average molecular weight is 453 g/mol. The Balaban J connectivity index is 1.80. The Morgan fingerprint density at radius 2 is 1.82 bits per heavy atom. The Morgan fingerprint density at radius 1 is 1.06 bits per heavy atom. The van der Waals surface area contributed by atoms with E-state index in [0.717, 1.165) is 0 Å². The molecule has 1 atom stereocenters. The van der Waals surface area contributed by atoms with Gasteiger partial charge in [0.2, 0.25) is 0 Å². The fourth-order valence-electron chi connectivity index (χ4n) is 3.44. The number of carbonyl (C=O) groups is 3. The second-order valence-electron chi connectivity index (χ2n) is 7.11. The molecule has 0 saturated heterocycles. The van der Waals surface area contributed by atoms with Crippen LogP contribution in [0, 0.1) is 0 Å². The van der Waals surface area contributed by atoms with Gasteiger partial charge in [-0.25, -0.2) is 9.59 Å². The van der Waals surface area contributed by atoms with Crippen molar-refractivity contribution in [1.82, 2.24) is 10.6 Å². The first-order valence-electron chi connectivity index (χ1n) is 10.6. The number of esters is 1. The topological polar surface area (TPSA) is 115 Å². The predicted octanol–water partition coefficient (Wildman–Crippen LogP) is 3.29. The zero-order chi connectivity index (χ0) is 23.8. The summed E-state index contributed by atoms with van der Waals surface area (Å²) in [5.41, 5.74) is 2.10. The van der Waals surface area contributed by atoms with Crippen molar-refractivity contribution in [2.75, 3.05) is 25.6 Å². The highest BCUT2D eigenvalue weighted by molar-refractivity contribution is 5.95. The molecular weight excluding hydrogens is 426 g/mol. The summed E-state index contributed by atoms with van der Waals surface area (Å²) in [5, 5.41) is 8.18. The summed E-state index contributed by atoms with van der Waals surface area (Å²) >= 11 is 0. The summed E-state index contributed by atoms with van der Waals surface area (Å²) in [6.45, 7) is 3.55. The van der Waals surface area contributed by atoms with Crippen LogP contribution in [0.15, 0.2) is 59.8 Å². The minimum Gasteiger partial charge on any atom is -0.493 e. The average Bonchev–Trinajstić information content (AvgIpc) is 2.82. The number of carbonyl (C=O) groups excluding carboxylic acids is 3. The van der Waals surface area contributed by atoms with E-state index in [1.54, 1.807) is 37.3 Å². The number of benzene rings is 2. The van der Waals surface area contributed by atoms with E-state index in [1.807, 2.05) is 25.1 Å². The molecule has 0 saturated carbocycles. The molecule has 1 heterocycles. The monoisotopic (exact) mass is 453 g/mol. The third kappa shape index (κ3) is 5.82. The van der Waals surface area contributed by atoms with Gasteiger partial charge in [-0.2, -0.15) is 0 Å². The van der Waals surface area contributed by atoms with Gasteiger partial charge in [0, 0.05) is 11.4 Å². The number of hydrogen-bond donors (Lipinski definition) is 3. The van der Waals surface area contributed by atoms with Crippen LogP contribution in [0.5, 0.6) is 11.5 Å². The molecule has 9 heteroatoms. The van der Waals surface area contributed by atoms with Gasteiger partial charge in [0.05, 0.1) is 25.3 Å². The zero-order valence-electron chi connectivity index (χ0n) is 18.8. The Kier molecular flexibility index (Phi) is 7.91. The Hall–Kier alpha value is -4.01. The Morgan fingerprint density at radius 3 is 2.48 bits per heavy atom. The number of nitrogens with one attached hydrogen (secondary N) is 3. The lowest BCUT2D eigenvalue weighted by molar-refractivity contribution is -0.139. The van der Waals surface area contributed by atoms with Crippen LogP contribution in [-0.4, -0.2) is 38.2 Å². The van der Waals surface area contributed by atoms with Crippen molar-refractivity contribution in [2.24, 2.45) is 0 Å². The van der Waals surface area contributed by atoms with Crippen LogP contribution in [0.3, 0.4) is 0 Å². The number of amides is 3. The summed E-state index contributed by atoms with van der Waals surface area (Å²) in [5.74, 6) is -0.127. The first-order valence-corrected chi connectivity index (χ1v) is 10.6. The van der Waals surface area contributed by atoms with Gasteiger partial charge in [-0.1, -0.05) is 31.2 Å². The van der Waals surface area contributed by atoms with Gasteiger partial charge in [-0.3, -0.25) is 4.79 Å². The summed E-state index contributed by atoms with van der Waals surface area (Å²) in [4.78, 5) is 37.0. The molecule has 1 aliphatic rings. The molecule has 1 unspecified atom stereocenters. The van der Waals surface area contributed by atoms with E-state index in [4.69, 9.17) is 14.2 Å². The van der Waals surface area contributed by atoms with Crippen molar-refractivity contribution in [3.8, 4) is 11.5 Å². The molecule has 3 rings (SSSR count). The molecule has 2 aromatic carbocycles. The van der Waals surface area contributed by atoms with Gasteiger partial charge in [-0.15, -0.1) is 0 Å². The normalized spacial score (nSPS) is 15.2. The van der Waals surface area contributed by atoms with Gasteiger partial charge in [0.15, 0.2) is 18.1 Å². The van der Waals surface area contributed by atoms with Crippen LogP contribution in [0.2, 0.25) is 0 Å². The van der Waals surface area contributed by atoms with Crippen molar-refractivity contribution in [3.05, 3.63) is 65.4 Å². The minimum absolute atomic E-state index is 0.209. The molecule has 3 amide bonds. The number of urea groups is 1. The molecular formula is C24H27N3O6. The number of methoxy groups -OCH3 is 1. The van der Waals surface area contributed by atoms with Crippen LogP contribution in [-0.2, 0) is 14.3 Å². The van der Waals surface area contributed by atoms with Crippen molar-refractivity contribution >= 4 is 23.6 Å². The van der Waals surface area contributed by atoms with Crippen molar-refractivity contribution in [2.45, 2.75) is 26.3 Å². The lowest BCUT2D eigenvalue weighted by Crippen LogP contribution is -2.45. The maximum Gasteiger partial charge on any atom is 0.338 e. The summed E-state index contributed by atoms with van der Waals surface area (Å²) in [6.07, 6.45) is 0.451. The highest BCUT2D eigenvalue weighted by atomic mass is 16.5. The minimum atomic E-state index is -0.725. The van der Waals surface area contributed by atoms with Crippen LogP contribution >= 0.6 is 0 Å². The van der Waals surface area contributed by atoms with Crippen molar-refractivity contribution in [3.63, 3.8) is 0 Å². The second kappa shape index (κ2) is 11.0. The maximum atomic E-state index is 12.6. The van der Waals surface area contributed by atoms with Gasteiger partial charge >= 0.3 is 12.0 Å². The van der Waals surface area contributed by atoms with Gasteiger partial charge < -0.3 is 30.2 Å². The number of hydrogen-bond acceptors (Lipinski definition) is 6. The van der Waals surface area contributed by atoms with Crippen LogP contribution in [0.4, 0.5) is 10.5 Å². The van der Waals surface area contributed by atoms with E-state index in [1.165, 1.54) is 7.11 Å². The molecule has 0 bridgehead atoms. The largest absolute Gasteiger partial charge is 0.493 e. The number of allylic oxidation sites excluding steroid dienone is 1. The molecule has 0 spiro atoms. The third-order valence-electron chi connectivity index (χ3n) is 4.94. The lowest BCUT2D eigenvalue weighted by atomic mass is 9.94. The molecule has 2 aromatic rings. The predicted molar refractivity (Wildman–Crippen MR) is 122 cm³/mol. The molecule has 9 nitrogen and oxygen atoms in total. The smallest absolute Gasteiger partial charge is 0.338 e. The third-order valence-corrected chi connectivity index (χ3v) is 4.94. The van der Waals surface area contributed by atoms with Crippen molar-refractivity contribution < 1.29 is 28.6 Å². The Bertz CT molecular complexity index is 1050. The highest BCUT2D eigenvalue weighted by Crippen LogP contribution is 2.35. The van der Waals surface area contributed by atoms with Gasteiger partial charge in [0.25, 0.3) is 5.91 Å². The fourth-order valence-corrected chi connectivity index (χ4v) is 3.44. The number of ether oxygens (including phenoxy) is 3. The zero-order valence-corrected chi connectivity index (χ0v) is 18.8. The van der Waals surface area contributed by atoms with E-state index < -0.39 is 18.0 Å². The summed E-state index contributed by atoms with van der Waals surface area (Å²) in [6, 6.07) is 12.9. The van der Waals surface area contributed by atoms with Gasteiger partial charge in [-0.05, 0) is 43.2 Å². The SMILES string of the molecule is CCOC(=O)C1=C(CC)NC(=O)NC1c1ccc(OCC(=O)Nc2ccccc2)c(OC)c1. The van der Waals surface area contributed by atoms with Gasteiger partial charge in [0.1, 0.15) is 0 Å². The van der Waals surface area contributed by atoms with E-state index in [-0.39, 0.29) is 19.1 Å². The number of anilines is 1. The number of rotatable bonds is 9. The van der Waals surface area contributed by atoms with E-state index >= 15 is 0 Å². The lowest BCUT2D eigenvalue weighted by Gasteiger charge is -2.29. The molecule has 0 aliphatic carbocycles. The molecule has 174 valence electrons.